The van der Waals surface area contributed by atoms with E-state index in [1.807, 2.05) is 10.0 Å². The molecule has 108 valence electrons. The second kappa shape index (κ2) is 5.70. The van der Waals surface area contributed by atoms with Gasteiger partial charge < -0.3 is 4.90 Å². The molecule has 1 aliphatic heterocycles. The predicted molar refractivity (Wildman–Crippen MR) is 85.7 cm³/mol. The van der Waals surface area contributed by atoms with Crippen LogP contribution in [0.3, 0.4) is 0 Å². The van der Waals surface area contributed by atoms with Crippen molar-refractivity contribution in [3.63, 3.8) is 0 Å². The minimum absolute atomic E-state index is 0.201. The van der Waals surface area contributed by atoms with Gasteiger partial charge in [-0.25, -0.2) is 0 Å². The van der Waals surface area contributed by atoms with Crippen molar-refractivity contribution in [2.75, 3.05) is 20.1 Å². The Morgan fingerprint density at radius 2 is 2.05 bits per heavy atom. The largest absolute Gasteiger partial charge is 0.306 e. The first-order chi connectivity index (χ1) is 9.67. The van der Waals surface area contributed by atoms with Gasteiger partial charge in [-0.3, -0.25) is 8.75 Å². The van der Waals surface area contributed by atoms with Gasteiger partial charge in [-0.15, -0.1) is 0 Å². The van der Waals surface area contributed by atoms with E-state index in [1.165, 1.54) is 18.4 Å². The molecule has 1 aromatic carbocycles. The molecule has 0 amide bonds. The lowest BCUT2D eigenvalue weighted by atomic mass is 9.97. The number of piperidine rings is 1. The van der Waals surface area contributed by atoms with E-state index in [4.69, 9.17) is 0 Å². The Morgan fingerprint density at radius 1 is 1.30 bits per heavy atom. The highest BCUT2D eigenvalue weighted by Gasteiger charge is 2.19. The van der Waals surface area contributed by atoms with Crippen LogP contribution < -0.4 is 5.56 Å². The van der Waals surface area contributed by atoms with Gasteiger partial charge in [-0.05, 0) is 63.0 Å². The predicted octanol–water partition coefficient (Wildman–Crippen LogP) is 2.97. The first kappa shape index (κ1) is 13.8. The van der Waals surface area contributed by atoms with Crippen molar-refractivity contribution in [2.45, 2.75) is 32.7 Å². The fourth-order valence-electron chi connectivity index (χ4n) is 2.93. The number of benzene rings is 1. The average Bonchev–Trinajstić information content (AvgIpc) is 2.77. The van der Waals surface area contributed by atoms with Crippen LogP contribution in [0, 0.1) is 5.92 Å². The van der Waals surface area contributed by atoms with Crippen LogP contribution in [0.4, 0.5) is 0 Å². The molecule has 0 atom stereocenters. The number of fused-ring (bicyclic) bond motifs is 1. The molecule has 0 spiro atoms. The zero-order valence-corrected chi connectivity index (χ0v) is 13.1. The molecule has 3 rings (SSSR count). The van der Waals surface area contributed by atoms with Crippen LogP contribution in [0.15, 0.2) is 23.0 Å². The van der Waals surface area contributed by atoms with Crippen LogP contribution in [0.2, 0.25) is 0 Å². The van der Waals surface area contributed by atoms with E-state index in [1.54, 1.807) is 11.5 Å². The van der Waals surface area contributed by atoms with Crippen LogP contribution in [0.5, 0.6) is 0 Å². The van der Waals surface area contributed by atoms with Crippen LogP contribution in [-0.2, 0) is 13.0 Å². The molecule has 20 heavy (non-hydrogen) atoms. The smallest absolute Gasteiger partial charge is 0.268 e. The molecule has 0 unspecified atom stereocenters. The Labute approximate surface area is 124 Å². The van der Waals surface area contributed by atoms with Crippen molar-refractivity contribution < 1.29 is 0 Å². The maximum Gasteiger partial charge on any atom is 0.268 e. The summed E-state index contributed by atoms with van der Waals surface area (Å²) in [5.74, 6) is 0.655. The highest BCUT2D eigenvalue weighted by molar-refractivity contribution is 7.13. The van der Waals surface area contributed by atoms with Gasteiger partial charge in [0.1, 0.15) is 0 Å². The molecule has 0 N–H and O–H groups in total. The molecule has 0 aliphatic carbocycles. The van der Waals surface area contributed by atoms with Gasteiger partial charge in [-0.2, -0.15) is 0 Å². The van der Waals surface area contributed by atoms with Crippen LogP contribution in [0.25, 0.3) is 10.1 Å². The van der Waals surface area contributed by atoms with E-state index in [0.717, 1.165) is 36.1 Å². The van der Waals surface area contributed by atoms with E-state index in [0.29, 0.717) is 5.92 Å². The number of hydrogen-bond donors (Lipinski definition) is 0. The molecule has 2 aromatic rings. The lowest BCUT2D eigenvalue weighted by Gasteiger charge is -2.28. The molecule has 1 saturated heterocycles. The van der Waals surface area contributed by atoms with Gasteiger partial charge >= 0.3 is 0 Å². The fraction of sp³-hybridized carbons (Fsp3) is 0.562. The van der Waals surface area contributed by atoms with Gasteiger partial charge in [0.2, 0.25) is 0 Å². The number of aryl methyl sites for hydroxylation is 1. The molecular formula is C16H22N2OS. The third kappa shape index (κ3) is 2.67. The fourth-order valence-corrected chi connectivity index (χ4v) is 4.09. The Bertz CT molecular complexity index is 650. The van der Waals surface area contributed by atoms with E-state index in [2.05, 4.69) is 31.0 Å². The summed E-state index contributed by atoms with van der Waals surface area (Å²) in [6.45, 7) is 5.36. The van der Waals surface area contributed by atoms with Crippen molar-refractivity contribution in [2.24, 2.45) is 5.92 Å². The lowest BCUT2D eigenvalue weighted by Crippen LogP contribution is -2.32. The Morgan fingerprint density at radius 3 is 2.75 bits per heavy atom. The van der Waals surface area contributed by atoms with Gasteiger partial charge in [-0.1, -0.05) is 24.5 Å². The molecule has 1 fully saturated rings. The highest BCUT2D eigenvalue weighted by Crippen LogP contribution is 2.23. The Kier molecular flexibility index (Phi) is 3.94. The lowest BCUT2D eigenvalue weighted by molar-refractivity contribution is 0.207. The van der Waals surface area contributed by atoms with Gasteiger partial charge in [0.05, 0.1) is 10.1 Å². The van der Waals surface area contributed by atoms with Gasteiger partial charge in [0, 0.05) is 6.54 Å². The molecule has 3 nitrogen and oxygen atoms in total. The average molecular weight is 290 g/mol. The van der Waals surface area contributed by atoms with E-state index >= 15 is 0 Å². The zero-order valence-electron chi connectivity index (χ0n) is 12.3. The summed E-state index contributed by atoms with van der Waals surface area (Å²) in [6.07, 6.45) is 3.44. The van der Waals surface area contributed by atoms with E-state index < -0.39 is 0 Å². The SMILES string of the molecule is CCc1ccc2c(=O)n(CC3CCN(C)CC3)sc2c1. The van der Waals surface area contributed by atoms with E-state index in [9.17, 15) is 4.79 Å². The maximum atomic E-state index is 12.4. The minimum Gasteiger partial charge on any atom is -0.306 e. The Hall–Kier alpha value is -1.13. The second-order valence-corrected chi connectivity index (χ2v) is 6.95. The van der Waals surface area contributed by atoms with Crippen molar-refractivity contribution in [3.8, 4) is 0 Å². The molecule has 1 aromatic heterocycles. The summed E-state index contributed by atoms with van der Waals surface area (Å²) in [4.78, 5) is 14.8. The topological polar surface area (TPSA) is 25.2 Å². The molecule has 1 aliphatic rings. The maximum absolute atomic E-state index is 12.4. The molecular weight excluding hydrogens is 268 g/mol. The zero-order chi connectivity index (χ0) is 14.1. The summed E-state index contributed by atoms with van der Waals surface area (Å²) >= 11 is 1.64. The summed E-state index contributed by atoms with van der Waals surface area (Å²) in [5.41, 5.74) is 1.51. The standard InChI is InChI=1S/C16H22N2OS/c1-3-12-4-5-14-15(10-12)20-18(16(14)19)11-13-6-8-17(2)9-7-13/h4-5,10,13H,3,6-9,11H2,1-2H3. The van der Waals surface area contributed by atoms with Crippen molar-refractivity contribution in [3.05, 3.63) is 34.1 Å². The summed E-state index contributed by atoms with van der Waals surface area (Å²) in [5, 5.41) is 0.889. The van der Waals surface area contributed by atoms with E-state index in [-0.39, 0.29) is 5.56 Å². The monoisotopic (exact) mass is 290 g/mol. The number of hydrogen-bond acceptors (Lipinski definition) is 3. The number of likely N-dealkylation sites (tertiary alicyclic amines) is 1. The first-order valence-corrected chi connectivity index (χ1v) is 8.26. The number of rotatable bonds is 3. The normalized spacial score (nSPS) is 17.9. The van der Waals surface area contributed by atoms with Crippen LogP contribution in [0.1, 0.15) is 25.3 Å². The number of aromatic nitrogens is 1. The van der Waals surface area contributed by atoms with Gasteiger partial charge in [0.25, 0.3) is 5.56 Å². The molecule has 0 radical (unpaired) electrons. The summed E-state index contributed by atoms with van der Waals surface area (Å²) in [7, 11) is 2.17. The minimum atomic E-state index is 0.201. The molecule has 0 saturated carbocycles. The summed E-state index contributed by atoms with van der Waals surface area (Å²) in [6, 6.07) is 6.25. The third-order valence-corrected chi connectivity index (χ3v) is 5.45. The van der Waals surface area contributed by atoms with Crippen molar-refractivity contribution in [1.82, 2.24) is 8.86 Å². The van der Waals surface area contributed by atoms with Crippen LogP contribution >= 0.6 is 11.5 Å². The quantitative estimate of drug-likeness (QED) is 0.868. The Balaban J connectivity index is 1.84. The third-order valence-electron chi connectivity index (χ3n) is 4.38. The number of nitrogens with zero attached hydrogens (tertiary/aromatic N) is 2. The van der Waals surface area contributed by atoms with Crippen LogP contribution in [-0.4, -0.2) is 29.0 Å². The second-order valence-electron chi connectivity index (χ2n) is 5.89. The molecule has 2 heterocycles. The van der Waals surface area contributed by atoms with Gasteiger partial charge in [0.15, 0.2) is 0 Å². The highest BCUT2D eigenvalue weighted by atomic mass is 32.1. The van der Waals surface area contributed by atoms with Crippen molar-refractivity contribution in [1.29, 1.82) is 0 Å². The first-order valence-electron chi connectivity index (χ1n) is 7.48. The molecule has 4 heteroatoms. The van der Waals surface area contributed by atoms with Crippen molar-refractivity contribution >= 4 is 21.6 Å². The molecule has 0 bridgehead atoms. The summed E-state index contributed by atoms with van der Waals surface area (Å²) < 4.78 is 3.11.